The number of nitrogens with two attached hydrogens (primary N) is 1. The van der Waals surface area contributed by atoms with E-state index >= 15 is 0 Å². The van der Waals surface area contributed by atoms with Gasteiger partial charge in [0.2, 0.25) is 0 Å². The van der Waals surface area contributed by atoms with Crippen LogP contribution in [0.15, 0.2) is 59.3 Å². The molecule has 130 valence electrons. The number of ether oxygens (including phenoxy) is 3. The Balaban J connectivity index is 1.95. The normalized spacial score (nSPS) is 11.8. The van der Waals surface area contributed by atoms with E-state index < -0.39 is 0 Å². The van der Waals surface area contributed by atoms with Crippen LogP contribution in [-0.2, 0) is 6.61 Å². The van der Waals surface area contributed by atoms with E-state index in [1.165, 1.54) is 0 Å². The van der Waals surface area contributed by atoms with Crippen LogP contribution in [-0.4, -0.2) is 14.2 Å². The molecule has 1 heterocycles. The van der Waals surface area contributed by atoms with Gasteiger partial charge in [-0.25, -0.2) is 0 Å². The molecular weight excluding hydrogens is 334 g/mol. The lowest BCUT2D eigenvalue weighted by atomic mass is 10.0. The number of methoxy groups -OCH3 is 2. The minimum atomic E-state index is -0.295. The summed E-state index contributed by atoms with van der Waals surface area (Å²) < 4.78 is 16.9. The van der Waals surface area contributed by atoms with Crippen molar-refractivity contribution in [2.45, 2.75) is 12.6 Å². The smallest absolute Gasteiger partial charge is 0.164 e. The predicted octanol–water partition coefficient (Wildman–Crippen LogP) is 4.39. The van der Waals surface area contributed by atoms with Crippen molar-refractivity contribution < 1.29 is 14.2 Å². The van der Waals surface area contributed by atoms with E-state index in [9.17, 15) is 0 Å². The highest BCUT2D eigenvalue weighted by molar-refractivity contribution is 7.08. The Morgan fingerprint density at radius 2 is 1.68 bits per heavy atom. The average molecular weight is 355 g/mol. The summed E-state index contributed by atoms with van der Waals surface area (Å²) in [4.78, 5) is 0. The van der Waals surface area contributed by atoms with Crippen LogP contribution in [0.4, 0.5) is 0 Å². The molecule has 0 saturated carbocycles. The Kier molecular flexibility index (Phi) is 5.58. The molecule has 25 heavy (non-hydrogen) atoms. The highest BCUT2D eigenvalue weighted by atomic mass is 32.1. The Morgan fingerprint density at radius 3 is 2.32 bits per heavy atom. The predicted molar refractivity (Wildman–Crippen MR) is 101 cm³/mol. The minimum absolute atomic E-state index is 0.295. The first-order valence-electron chi connectivity index (χ1n) is 7.93. The van der Waals surface area contributed by atoms with Crippen LogP contribution in [0, 0.1) is 0 Å². The Morgan fingerprint density at radius 1 is 0.960 bits per heavy atom. The van der Waals surface area contributed by atoms with Crippen LogP contribution in [0.5, 0.6) is 17.2 Å². The van der Waals surface area contributed by atoms with Gasteiger partial charge < -0.3 is 19.9 Å². The molecule has 2 N–H and O–H groups in total. The van der Waals surface area contributed by atoms with Crippen LogP contribution < -0.4 is 19.9 Å². The van der Waals surface area contributed by atoms with E-state index in [0.717, 1.165) is 16.7 Å². The quantitative estimate of drug-likeness (QED) is 0.683. The standard InChI is InChI=1S/C20H21NO3S/c1-22-18-10-16(20(21)15-8-9-25-13-15)17(11-19(18)23-2)24-12-14-6-4-3-5-7-14/h3-11,13,20H,12,21H2,1-2H3/t20-/m0/s1. The summed E-state index contributed by atoms with van der Waals surface area (Å²) in [6.07, 6.45) is 0. The molecular formula is C20H21NO3S. The van der Waals surface area contributed by atoms with Crippen LogP contribution in [0.1, 0.15) is 22.7 Å². The SMILES string of the molecule is COc1cc(OCc2ccccc2)c([C@@H](N)c2ccsc2)cc1OC. The van der Waals surface area contributed by atoms with E-state index in [4.69, 9.17) is 19.9 Å². The molecule has 0 aliphatic heterocycles. The van der Waals surface area contributed by atoms with Gasteiger partial charge in [-0.1, -0.05) is 30.3 Å². The van der Waals surface area contributed by atoms with Crippen molar-refractivity contribution in [3.63, 3.8) is 0 Å². The van der Waals surface area contributed by atoms with E-state index in [-0.39, 0.29) is 6.04 Å². The fourth-order valence-corrected chi connectivity index (χ4v) is 3.31. The summed E-state index contributed by atoms with van der Waals surface area (Å²) in [5.41, 5.74) is 9.48. The molecule has 0 saturated heterocycles. The molecule has 0 radical (unpaired) electrons. The summed E-state index contributed by atoms with van der Waals surface area (Å²) in [7, 11) is 3.22. The van der Waals surface area contributed by atoms with Crippen molar-refractivity contribution in [3.8, 4) is 17.2 Å². The van der Waals surface area contributed by atoms with E-state index in [1.54, 1.807) is 25.6 Å². The van der Waals surface area contributed by atoms with Gasteiger partial charge in [0.05, 0.1) is 20.3 Å². The third-order valence-electron chi connectivity index (χ3n) is 3.99. The number of benzene rings is 2. The van der Waals surface area contributed by atoms with Crippen molar-refractivity contribution in [1.29, 1.82) is 0 Å². The largest absolute Gasteiger partial charge is 0.493 e. The van der Waals surface area contributed by atoms with Crippen LogP contribution in [0.2, 0.25) is 0 Å². The summed E-state index contributed by atoms with van der Waals surface area (Å²) in [5.74, 6) is 1.95. The van der Waals surface area contributed by atoms with Gasteiger partial charge in [0.25, 0.3) is 0 Å². The lowest BCUT2D eigenvalue weighted by Crippen LogP contribution is -2.13. The lowest BCUT2D eigenvalue weighted by Gasteiger charge is -2.19. The molecule has 0 aliphatic rings. The van der Waals surface area contributed by atoms with Gasteiger partial charge >= 0.3 is 0 Å². The first kappa shape index (κ1) is 17.3. The molecule has 4 nitrogen and oxygen atoms in total. The van der Waals surface area contributed by atoms with Gasteiger partial charge in [-0.2, -0.15) is 11.3 Å². The molecule has 3 rings (SSSR count). The van der Waals surface area contributed by atoms with Crippen molar-refractivity contribution in [1.82, 2.24) is 0 Å². The summed E-state index contributed by atoms with van der Waals surface area (Å²) in [5, 5.41) is 4.06. The van der Waals surface area contributed by atoms with Gasteiger partial charge in [0, 0.05) is 11.6 Å². The van der Waals surface area contributed by atoms with E-state index in [1.807, 2.05) is 59.3 Å². The van der Waals surface area contributed by atoms with Crippen LogP contribution in [0.25, 0.3) is 0 Å². The minimum Gasteiger partial charge on any atom is -0.493 e. The van der Waals surface area contributed by atoms with Crippen LogP contribution >= 0.6 is 11.3 Å². The topological polar surface area (TPSA) is 53.7 Å². The van der Waals surface area contributed by atoms with Gasteiger partial charge in [-0.3, -0.25) is 0 Å². The third kappa shape index (κ3) is 3.95. The fraction of sp³-hybridized carbons (Fsp3) is 0.200. The maximum Gasteiger partial charge on any atom is 0.164 e. The number of thiophene rings is 1. The summed E-state index contributed by atoms with van der Waals surface area (Å²) >= 11 is 1.62. The molecule has 0 aliphatic carbocycles. The van der Waals surface area contributed by atoms with E-state index in [2.05, 4.69) is 0 Å². The maximum absolute atomic E-state index is 6.48. The first-order valence-corrected chi connectivity index (χ1v) is 8.87. The van der Waals surface area contributed by atoms with Crippen LogP contribution in [0.3, 0.4) is 0 Å². The number of rotatable bonds is 7. The Hall–Kier alpha value is -2.50. The molecule has 5 heteroatoms. The Labute approximate surface area is 151 Å². The molecule has 0 unspecified atom stereocenters. The summed E-state index contributed by atoms with van der Waals surface area (Å²) in [6.45, 7) is 0.458. The van der Waals surface area contributed by atoms with Gasteiger partial charge in [0.1, 0.15) is 12.4 Å². The van der Waals surface area contributed by atoms with Crippen molar-refractivity contribution >= 4 is 11.3 Å². The third-order valence-corrected chi connectivity index (χ3v) is 4.69. The van der Waals surface area contributed by atoms with Gasteiger partial charge in [-0.05, 0) is 34.0 Å². The molecule has 0 spiro atoms. The summed E-state index contributed by atoms with van der Waals surface area (Å²) in [6, 6.07) is 15.5. The number of hydrogen-bond acceptors (Lipinski definition) is 5. The van der Waals surface area contributed by atoms with Crippen molar-refractivity contribution in [2.75, 3.05) is 14.2 Å². The zero-order valence-electron chi connectivity index (χ0n) is 14.3. The molecule has 0 amide bonds. The Bertz CT molecular complexity index is 803. The monoisotopic (exact) mass is 355 g/mol. The second kappa shape index (κ2) is 8.05. The molecule has 1 aromatic heterocycles. The maximum atomic E-state index is 6.48. The van der Waals surface area contributed by atoms with Crippen molar-refractivity contribution in [2.24, 2.45) is 5.73 Å². The highest BCUT2D eigenvalue weighted by Crippen LogP contribution is 2.39. The molecule has 0 bridgehead atoms. The molecule has 2 aromatic carbocycles. The first-order chi connectivity index (χ1) is 12.2. The van der Waals surface area contributed by atoms with Crippen molar-refractivity contribution in [3.05, 3.63) is 76.0 Å². The zero-order chi connectivity index (χ0) is 17.6. The second-order valence-corrected chi connectivity index (χ2v) is 6.33. The lowest BCUT2D eigenvalue weighted by molar-refractivity contribution is 0.296. The zero-order valence-corrected chi connectivity index (χ0v) is 15.1. The average Bonchev–Trinajstić information content (AvgIpc) is 3.20. The molecule has 0 fully saturated rings. The number of hydrogen-bond donors (Lipinski definition) is 1. The van der Waals surface area contributed by atoms with Gasteiger partial charge in [0.15, 0.2) is 11.5 Å². The van der Waals surface area contributed by atoms with E-state index in [0.29, 0.717) is 23.9 Å². The highest BCUT2D eigenvalue weighted by Gasteiger charge is 2.19. The molecule has 3 aromatic rings. The molecule has 1 atom stereocenters. The second-order valence-electron chi connectivity index (χ2n) is 5.55. The fourth-order valence-electron chi connectivity index (χ4n) is 2.61. The van der Waals surface area contributed by atoms with Gasteiger partial charge in [-0.15, -0.1) is 0 Å².